The van der Waals surface area contributed by atoms with E-state index in [-0.39, 0.29) is 24.1 Å². The minimum atomic E-state index is -0.297. The zero-order chi connectivity index (χ0) is 20.1. The minimum absolute atomic E-state index is 0.0893. The first-order valence-electron chi connectivity index (χ1n) is 8.48. The van der Waals surface area contributed by atoms with Crippen LogP contribution in [0, 0.1) is 0 Å². The Morgan fingerprint density at radius 1 is 0.929 bits per heavy atom. The molecule has 0 heterocycles. The number of nitrogens with zero attached hydrogens (tertiary/aromatic N) is 1. The lowest BCUT2D eigenvalue weighted by Gasteiger charge is -2.24. The van der Waals surface area contributed by atoms with E-state index in [4.69, 9.17) is 0 Å². The summed E-state index contributed by atoms with van der Waals surface area (Å²) in [6.07, 6.45) is 0. The molecule has 3 aromatic rings. The molecule has 7 heteroatoms. The summed E-state index contributed by atoms with van der Waals surface area (Å²) in [5.41, 5.74) is 2.14. The van der Waals surface area contributed by atoms with Crippen molar-refractivity contribution in [2.45, 2.75) is 13.1 Å². The Balaban J connectivity index is 1.87. The maximum absolute atomic E-state index is 12.9. The van der Waals surface area contributed by atoms with Crippen molar-refractivity contribution < 1.29 is 15.0 Å². The number of aromatic hydroxyl groups is 2. The Labute approximate surface area is 179 Å². The largest absolute Gasteiger partial charge is 0.508 e. The number of hydrogen-bond donors (Lipinski definition) is 3. The molecule has 144 valence electrons. The SMILES string of the molecule is O=C(Nc1ccccc1)N(Cc1ccc(O)cc1)Cc1cc(Br)cc(Br)c1O. The molecular formula is C21H18Br2N2O3. The second-order valence-corrected chi connectivity index (χ2v) is 7.98. The maximum atomic E-state index is 12.9. The number of amides is 2. The molecule has 0 aliphatic rings. The van der Waals surface area contributed by atoms with Crippen LogP contribution >= 0.6 is 31.9 Å². The second kappa shape index (κ2) is 9.12. The van der Waals surface area contributed by atoms with Gasteiger partial charge in [0.25, 0.3) is 0 Å². The lowest BCUT2D eigenvalue weighted by atomic mass is 10.1. The van der Waals surface area contributed by atoms with Crippen molar-refractivity contribution in [3.05, 3.63) is 86.8 Å². The lowest BCUT2D eigenvalue weighted by molar-refractivity contribution is 0.206. The third kappa shape index (κ3) is 5.27. The second-order valence-electron chi connectivity index (χ2n) is 6.21. The van der Waals surface area contributed by atoms with Crippen LogP contribution in [-0.4, -0.2) is 21.1 Å². The van der Waals surface area contributed by atoms with Gasteiger partial charge in [0.2, 0.25) is 0 Å². The van der Waals surface area contributed by atoms with Crippen molar-refractivity contribution in [3.63, 3.8) is 0 Å². The maximum Gasteiger partial charge on any atom is 0.322 e. The average Bonchev–Trinajstić information content (AvgIpc) is 2.67. The fraction of sp³-hybridized carbons (Fsp3) is 0.0952. The third-order valence-electron chi connectivity index (χ3n) is 4.09. The Bertz CT molecular complexity index is 963. The van der Waals surface area contributed by atoms with Crippen molar-refractivity contribution >= 4 is 43.6 Å². The zero-order valence-electron chi connectivity index (χ0n) is 14.8. The van der Waals surface area contributed by atoms with Crippen LogP contribution in [0.1, 0.15) is 11.1 Å². The highest BCUT2D eigenvalue weighted by atomic mass is 79.9. The number of halogens is 2. The summed E-state index contributed by atoms with van der Waals surface area (Å²) >= 11 is 6.74. The van der Waals surface area contributed by atoms with E-state index in [9.17, 15) is 15.0 Å². The number of hydrogen-bond acceptors (Lipinski definition) is 3. The molecule has 0 aliphatic carbocycles. The minimum Gasteiger partial charge on any atom is -0.508 e. The summed E-state index contributed by atoms with van der Waals surface area (Å²) in [7, 11) is 0. The van der Waals surface area contributed by atoms with Gasteiger partial charge in [0, 0.05) is 22.3 Å². The van der Waals surface area contributed by atoms with Crippen molar-refractivity contribution in [1.29, 1.82) is 0 Å². The van der Waals surface area contributed by atoms with Gasteiger partial charge in [-0.2, -0.15) is 0 Å². The van der Waals surface area contributed by atoms with Gasteiger partial charge in [-0.15, -0.1) is 0 Å². The standard InChI is InChI=1S/C21H18Br2N2O3/c22-16-10-15(20(27)19(23)11-16)13-25(12-14-6-8-18(26)9-7-14)21(28)24-17-4-2-1-3-5-17/h1-11,26-27H,12-13H2,(H,24,28). The van der Waals surface area contributed by atoms with Crippen LogP contribution in [0.5, 0.6) is 11.5 Å². The highest BCUT2D eigenvalue weighted by Gasteiger charge is 2.18. The molecule has 0 aromatic heterocycles. The molecule has 0 fully saturated rings. The number of anilines is 1. The van der Waals surface area contributed by atoms with Crippen molar-refractivity contribution in [2.75, 3.05) is 5.32 Å². The summed E-state index contributed by atoms with van der Waals surface area (Å²) in [6, 6.07) is 19.1. The molecule has 3 N–H and O–H groups in total. The molecular weight excluding hydrogens is 488 g/mol. The van der Waals surface area contributed by atoms with Crippen LogP contribution in [0.2, 0.25) is 0 Å². The first-order valence-corrected chi connectivity index (χ1v) is 10.1. The van der Waals surface area contributed by atoms with E-state index in [0.29, 0.717) is 22.3 Å². The van der Waals surface area contributed by atoms with E-state index < -0.39 is 0 Å². The number of urea groups is 1. The molecule has 0 unspecified atom stereocenters. The van der Waals surface area contributed by atoms with Gasteiger partial charge >= 0.3 is 6.03 Å². The van der Waals surface area contributed by atoms with Gasteiger partial charge in [-0.3, -0.25) is 0 Å². The molecule has 28 heavy (non-hydrogen) atoms. The van der Waals surface area contributed by atoms with Crippen LogP contribution in [0.4, 0.5) is 10.5 Å². The van der Waals surface area contributed by atoms with Crippen LogP contribution in [0.3, 0.4) is 0 Å². The quantitative estimate of drug-likeness (QED) is 0.406. The normalized spacial score (nSPS) is 10.5. The fourth-order valence-electron chi connectivity index (χ4n) is 2.69. The molecule has 3 aromatic carbocycles. The molecule has 5 nitrogen and oxygen atoms in total. The van der Waals surface area contributed by atoms with Gasteiger partial charge < -0.3 is 20.4 Å². The Kier molecular flexibility index (Phi) is 6.59. The van der Waals surface area contributed by atoms with E-state index in [1.165, 1.54) is 0 Å². The highest BCUT2D eigenvalue weighted by Crippen LogP contribution is 2.33. The van der Waals surface area contributed by atoms with Crippen molar-refractivity contribution in [2.24, 2.45) is 0 Å². The van der Waals surface area contributed by atoms with E-state index >= 15 is 0 Å². The molecule has 0 bridgehead atoms. The summed E-state index contributed by atoms with van der Waals surface area (Å²) < 4.78 is 1.34. The summed E-state index contributed by atoms with van der Waals surface area (Å²) in [5, 5.41) is 22.8. The molecule has 0 radical (unpaired) electrons. The number of para-hydroxylation sites is 1. The Morgan fingerprint density at radius 3 is 2.29 bits per heavy atom. The van der Waals surface area contributed by atoms with Gasteiger partial charge in [0.15, 0.2) is 0 Å². The number of carbonyl (C=O) groups excluding carboxylic acids is 1. The molecule has 0 saturated heterocycles. The van der Waals surface area contributed by atoms with Gasteiger partial charge in [0.05, 0.1) is 11.0 Å². The Morgan fingerprint density at radius 2 is 1.61 bits per heavy atom. The number of benzene rings is 3. The van der Waals surface area contributed by atoms with Crippen LogP contribution in [-0.2, 0) is 13.1 Å². The highest BCUT2D eigenvalue weighted by molar-refractivity contribution is 9.11. The molecule has 0 spiro atoms. The molecule has 0 aliphatic heterocycles. The van der Waals surface area contributed by atoms with Gasteiger partial charge in [0.1, 0.15) is 11.5 Å². The van der Waals surface area contributed by atoms with E-state index in [1.807, 2.05) is 30.3 Å². The van der Waals surface area contributed by atoms with Gasteiger partial charge in [-0.05, 0) is 57.9 Å². The lowest BCUT2D eigenvalue weighted by Crippen LogP contribution is -2.34. The predicted molar refractivity (Wildman–Crippen MR) is 116 cm³/mol. The van der Waals surface area contributed by atoms with Gasteiger partial charge in [-0.25, -0.2) is 4.79 Å². The molecule has 2 amide bonds. The number of phenolic OH excluding ortho intramolecular Hbond substituents is 2. The smallest absolute Gasteiger partial charge is 0.322 e. The van der Waals surface area contributed by atoms with E-state index in [2.05, 4.69) is 37.2 Å². The summed E-state index contributed by atoms with van der Waals surface area (Å²) in [6.45, 7) is 0.506. The fourth-order valence-corrected chi connectivity index (χ4v) is 4.00. The monoisotopic (exact) mass is 504 g/mol. The van der Waals surface area contributed by atoms with Crippen LogP contribution < -0.4 is 5.32 Å². The topological polar surface area (TPSA) is 72.8 Å². The first kappa shape index (κ1) is 20.2. The van der Waals surface area contributed by atoms with E-state index in [1.54, 1.807) is 41.3 Å². The number of rotatable bonds is 5. The summed E-state index contributed by atoms with van der Waals surface area (Å²) in [4.78, 5) is 14.5. The Hall–Kier alpha value is -2.51. The zero-order valence-corrected chi connectivity index (χ0v) is 17.9. The first-order chi connectivity index (χ1) is 13.4. The van der Waals surface area contributed by atoms with Crippen LogP contribution in [0.15, 0.2) is 75.7 Å². The third-order valence-corrected chi connectivity index (χ3v) is 5.15. The number of nitrogens with one attached hydrogen (secondary N) is 1. The van der Waals surface area contributed by atoms with Crippen molar-refractivity contribution in [1.82, 2.24) is 4.90 Å². The van der Waals surface area contributed by atoms with Crippen LogP contribution in [0.25, 0.3) is 0 Å². The van der Waals surface area contributed by atoms with E-state index in [0.717, 1.165) is 10.0 Å². The number of carbonyl (C=O) groups is 1. The molecule has 3 rings (SSSR count). The summed E-state index contributed by atoms with van der Waals surface area (Å²) in [5.74, 6) is 0.254. The molecule has 0 atom stereocenters. The predicted octanol–water partition coefficient (Wildman–Crippen LogP) is 5.86. The molecule has 0 saturated carbocycles. The average molecular weight is 506 g/mol. The van der Waals surface area contributed by atoms with Gasteiger partial charge in [-0.1, -0.05) is 46.3 Å². The number of phenols is 2. The van der Waals surface area contributed by atoms with Crippen molar-refractivity contribution in [3.8, 4) is 11.5 Å².